The highest BCUT2D eigenvalue weighted by Crippen LogP contribution is 2.33. The number of rotatable bonds is 1. The summed E-state index contributed by atoms with van der Waals surface area (Å²) >= 11 is 1.83. The molecule has 1 fully saturated rings. The third kappa shape index (κ3) is 3.46. The molecular weight excluding hydrogens is 130 g/mol. The standard InChI is InChI=1S/C5H8NS.C2H6/c1-6-5-3-2-4-7-5;1-2/h1-4H2;1-2H3/q+1;. The number of aliphatic imine (C=N–C) groups is 1. The van der Waals surface area contributed by atoms with Gasteiger partial charge in [-0.25, -0.2) is 0 Å². The van der Waals surface area contributed by atoms with Crippen LogP contribution in [0.1, 0.15) is 26.7 Å². The molecule has 0 radical (unpaired) electrons. The molecule has 9 heavy (non-hydrogen) atoms. The lowest BCUT2D eigenvalue weighted by atomic mass is 10.3. The molecule has 0 N–H and O–H groups in total. The van der Waals surface area contributed by atoms with Crippen molar-refractivity contribution < 1.29 is 0 Å². The second-order valence-electron chi connectivity index (χ2n) is 1.50. The van der Waals surface area contributed by atoms with E-state index in [1.807, 2.05) is 25.6 Å². The lowest BCUT2D eigenvalue weighted by Gasteiger charge is -1.81. The zero-order valence-electron chi connectivity index (χ0n) is 6.18. The van der Waals surface area contributed by atoms with Crippen LogP contribution in [0.4, 0.5) is 0 Å². The average molecular weight is 144 g/mol. The molecule has 52 valence electrons. The monoisotopic (exact) mass is 144 g/mol. The van der Waals surface area contributed by atoms with Crippen molar-refractivity contribution in [2.45, 2.75) is 26.7 Å². The van der Waals surface area contributed by atoms with Crippen LogP contribution in [0.2, 0.25) is 0 Å². The first-order valence-electron chi connectivity index (χ1n) is 3.39. The summed E-state index contributed by atoms with van der Waals surface area (Å²) in [5.74, 6) is 1.24. The van der Waals surface area contributed by atoms with Crippen LogP contribution < -0.4 is 0 Å². The van der Waals surface area contributed by atoms with Gasteiger partial charge in [-0.15, -0.1) is 0 Å². The van der Waals surface area contributed by atoms with Crippen molar-refractivity contribution in [2.24, 2.45) is 4.99 Å². The van der Waals surface area contributed by atoms with Crippen molar-refractivity contribution in [3.8, 4) is 0 Å². The van der Waals surface area contributed by atoms with E-state index in [1.54, 1.807) is 0 Å². The van der Waals surface area contributed by atoms with E-state index in [2.05, 4.69) is 11.7 Å². The summed E-state index contributed by atoms with van der Waals surface area (Å²) in [7, 11) is 0. The lowest BCUT2D eigenvalue weighted by Crippen LogP contribution is -1.73. The molecule has 0 aromatic carbocycles. The smallest absolute Gasteiger partial charge is 0.0764 e. The molecule has 0 amide bonds. The van der Waals surface area contributed by atoms with Gasteiger partial charge in [-0.1, -0.05) is 18.8 Å². The first-order chi connectivity index (χ1) is 4.43. The number of hydrogen-bond acceptors (Lipinski definition) is 2. The summed E-state index contributed by atoms with van der Waals surface area (Å²) in [6.07, 6.45) is 2.45. The summed E-state index contributed by atoms with van der Waals surface area (Å²) < 4.78 is 0. The first-order valence-corrected chi connectivity index (χ1v) is 4.37. The maximum atomic E-state index is 3.82. The van der Waals surface area contributed by atoms with Crippen molar-refractivity contribution >= 4 is 18.5 Å². The normalized spacial score (nSPS) is 16.4. The molecule has 1 nitrogen and oxygen atoms in total. The molecule has 0 saturated carbocycles. The molecule has 1 aliphatic rings. The average Bonchev–Trinajstić information content (AvgIpc) is 2.43. The molecule has 1 saturated heterocycles. The highest BCUT2D eigenvalue weighted by Gasteiger charge is 2.20. The van der Waals surface area contributed by atoms with Crippen molar-refractivity contribution in [3.05, 3.63) is 5.37 Å². The summed E-state index contributed by atoms with van der Waals surface area (Å²) in [4.78, 5) is 3.82. The molecule has 0 atom stereocenters. The minimum Gasteiger partial charge on any atom is -0.0764 e. The van der Waals surface area contributed by atoms with Gasteiger partial charge in [-0.3, -0.25) is 0 Å². The molecule has 0 aromatic rings. The van der Waals surface area contributed by atoms with Gasteiger partial charge < -0.3 is 0 Å². The van der Waals surface area contributed by atoms with Gasteiger partial charge in [0.15, 0.2) is 0 Å². The van der Waals surface area contributed by atoms with Crippen molar-refractivity contribution in [2.75, 3.05) is 5.75 Å². The Kier molecular flexibility index (Phi) is 5.94. The van der Waals surface area contributed by atoms with E-state index in [4.69, 9.17) is 0 Å². The van der Waals surface area contributed by atoms with Gasteiger partial charge in [0, 0.05) is 5.75 Å². The van der Waals surface area contributed by atoms with Crippen molar-refractivity contribution in [3.63, 3.8) is 0 Å². The molecule has 0 bridgehead atoms. The van der Waals surface area contributed by atoms with Gasteiger partial charge in [0.05, 0.1) is 6.42 Å². The maximum absolute atomic E-state index is 3.82. The zero-order chi connectivity index (χ0) is 7.11. The fourth-order valence-electron chi connectivity index (χ4n) is 0.610. The molecule has 1 aliphatic heterocycles. The Bertz CT molecular complexity index is 67.3. The van der Waals surface area contributed by atoms with Crippen molar-refractivity contribution in [1.82, 2.24) is 0 Å². The van der Waals surface area contributed by atoms with Crippen LogP contribution in [-0.2, 0) is 0 Å². The van der Waals surface area contributed by atoms with Crippen LogP contribution in [0.5, 0.6) is 0 Å². The second kappa shape index (κ2) is 6.02. The van der Waals surface area contributed by atoms with Gasteiger partial charge in [0.25, 0.3) is 0 Å². The van der Waals surface area contributed by atoms with Gasteiger partial charge >= 0.3 is 0 Å². The topological polar surface area (TPSA) is 12.4 Å². The SMILES string of the molecule is C=N[C+]1CCCS1.CC. The van der Waals surface area contributed by atoms with Gasteiger partial charge in [-0.05, 0) is 18.2 Å². The van der Waals surface area contributed by atoms with Crippen LogP contribution in [-0.4, -0.2) is 12.5 Å². The third-order valence-electron chi connectivity index (χ3n) is 0.980. The van der Waals surface area contributed by atoms with Crippen LogP contribution in [0.25, 0.3) is 0 Å². The summed E-state index contributed by atoms with van der Waals surface area (Å²) in [5.41, 5.74) is 0. The van der Waals surface area contributed by atoms with Crippen LogP contribution in [0.15, 0.2) is 4.99 Å². The fraction of sp³-hybridized carbons (Fsp3) is 0.714. The Morgan fingerprint density at radius 2 is 2.22 bits per heavy atom. The Labute approximate surface area is 61.9 Å². The van der Waals surface area contributed by atoms with Gasteiger partial charge in [0.2, 0.25) is 5.37 Å². The Balaban J connectivity index is 0.000000291. The van der Waals surface area contributed by atoms with Crippen LogP contribution in [0, 0.1) is 5.37 Å². The van der Waals surface area contributed by atoms with Gasteiger partial charge in [0.1, 0.15) is 6.72 Å². The Hall–Kier alpha value is -0.110. The van der Waals surface area contributed by atoms with Gasteiger partial charge in [-0.2, -0.15) is 0 Å². The van der Waals surface area contributed by atoms with E-state index < -0.39 is 0 Å². The summed E-state index contributed by atoms with van der Waals surface area (Å²) in [6.45, 7) is 7.43. The zero-order valence-corrected chi connectivity index (χ0v) is 7.00. The van der Waals surface area contributed by atoms with E-state index >= 15 is 0 Å². The molecule has 0 aliphatic carbocycles. The minimum atomic E-state index is 1.16. The predicted octanol–water partition coefficient (Wildman–Crippen LogP) is 2.73. The molecular formula is C7H14NS+. The van der Waals surface area contributed by atoms with E-state index in [0.717, 1.165) is 6.42 Å². The van der Waals surface area contributed by atoms with E-state index in [0.29, 0.717) is 0 Å². The van der Waals surface area contributed by atoms with Crippen LogP contribution >= 0.6 is 11.8 Å². The number of nitrogens with zero attached hydrogens (tertiary/aromatic N) is 1. The predicted molar refractivity (Wildman–Crippen MR) is 45.8 cm³/mol. The minimum absolute atomic E-state index is 1.16. The number of hydrogen-bond donors (Lipinski definition) is 0. The number of thioether (sulfide) groups is 1. The molecule has 0 unspecified atom stereocenters. The van der Waals surface area contributed by atoms with E-state index in [1.165, 1.54) is 17.5 Å². The maximum Gasteiger partial charge on any atom is 0.210 e. The van der Waals surface area contributed by atoms with E-state index in [-0.39, 0.29) is 0 Å². The largest absolute Gasteiger partial charge is 0.210 e. The van der Waals surface area contributed by atoms with Crippen molar-refractivity contribution in [1.29, 1.82) is 0 Å². The lowest BCUT2D eigenvalue weighted by molar-refractivity contribution is 0.918. The molecule has 0 aromatic heterocycles. The quantitative estimate of drug-likeness (QED) is 0.407. The van der Waals surface area contributed by atoms with Crippen LogP contribution in [0.3, 0.4) is 0 Å². The third-order valence-corrected chi connectivity index (χ3v) is 2.14. The summed E-state index contributed by atoms with van der Waals surface area (Å²) in [5, 5.41) is 1.22. The molecule has 2 heteroatoms. The Morgan fingerprint density at radius 1 is 1.56 bits per heavy atom. The molecule has 0 spiro atoms. The highest BCUT2D eigenvalue weighted by atomic mass is 32.2. The first kappa shape index (κ1) is 8.89. The Morgan fingerprint density at radius 3 is 2.44 bits per heavy atom. The molecule has 1 rings (SSSR count). The fourth-order valence-corrected chi connectivity index (χ4v) is 1.51. The summed E-state index contributed by atoms with van der Waals surface area (Å²) in [6, 6.07) is 0. The van der Waals surface area contributed by atoms with E-state index in [9.17, 15) is 0 Å². The highest BCUT2D eigenvalue weighted by molar-refractivity contribution is 8.02. The molecule has 1 heterocycles. The second-order valence-corrected chi connectivity index (χ2v) is 2.67.